The molecule has 1 fully saturated rings. The average Bonchev–Trinajstić information content (AvgIpc) is 2.76. The van der Waals surface area contributed by atoms with Crippen LogP contribution in [0.25, 0.3) is 0 Å². The van der Waals surface area contributed by atoms with Gasteiger partial charge in [0, 0.05) is 55.9 Å². The fourth-order valence-corrected chi connectivity index (χ4v) is 3.42. The minimum atomic E-state index is -0.380. The number of nitro groups is 1. The van der Waals surface area contributed by atoms with E-state index in [4.69, 9.17) is 16.3 Å². The fraction of sp³-hybridized carbons (Fsp3) is 0.238. The second-order valence-electron chi connectivity index (χ2n) is 6.96. The summed E-state index contributed by atoms with van der Waals surface area (Å²) in [4.78, 5) is 23.5. The van der Waals surface area contributed by atoms with Crippen LogP contribution in [0, 0.1) is 10.1 Å². The zero-order valence-corrected chi connectivity index (χ0v) is 16.9. The van der Waals surface area contributed by atoms with Gasteiger partial charge in [0.2, 0.25) is 5.88 Å². The Kier molecular flexibility index (Phi) is 6.06. The number of non-ortho nitro benzene ring substituents is 1. The molecule has 1 saturated heterocycles. The first-order valence-electron chi connectivity index (χ1n) is 9.53. The highest BCUT2D eigenvalue weighted by Gasteiger charge is 2.19. The molecule has 0 aliphatic carbocycles. The summed E-state index contributed by atoms with van der Waals surface area (Å²) in [7, 11) is 0. The zero-order chi connectivity index (χ0) is 20.9. The van der Waals surface area contributed by atoms with Crippen LogP contribution in [0.3, 0.4) is 0 Å². The molecule has 0 bridgehead atoms. The van der Waals surface area contributed by atoms with Gasteiger partial charge in [0.05, 0.1) is 4.92 Å². The zero-order valence-electron chi connectivity index (χ0n) is 16.1. The summed E-state index contributed by atoms with van der Waals surface area (Å²) >= 11 is 5.90. The summed E-state index contributed by atoms with van der Waals surface area (Å²) in [5.41, 5.74) is 1.18. The van der Waals surface area contributed by atoms with E-state index in [1.54, 1.807) is 36.4 Å². The first-order chi connectivity index (χ1) is 14.6. The van der Waals surface area contributed by atoms with Gasteiger partial charge in [0.25, 0.3) is 5.69 Å². The normalized spacial score (nSPS) is 14.5. The molecule has 0 radical (unpaired) electrons. The van der Waals surface area contributed by atoms with Crippen molar-refractivity contribution in [2.75, 3.05) is 31.1 Å². The molecule has 30 heavy (non-hydrogen) atoms. The number of ether oxygens (including phenoxy) is 1. The molecule has 1 aliphatic rings. The van der Waals surface area contributed by atoms with Crippen molar-refractivity contribution in [3.8, 4) is 11.6 Å². The number of hydrogen-bond acceptors (Lipinski definition) is 7. The van der Waals surface area contributed by atoms with E-state index in [1.807, 2.05) is 18.2 Å². The fourth-order valence-electron chi connectivity index (χ4n) is 3.30. The van der Waals surface area contributed by atoms with Crippen LogP contribution >= 0.6 is 11.6 Å². The molecule has 0 atom stereocenters. The summed E-state index contributed by atoms with van der Waals surface area (Å²) in [6.07, 6.45) is 1.50. The van der Waals surface area contributed by atoms with E-state index in [-0.39, 0.29) is 10.6 Å². The molecule has 0 saturated carbocycles. The minimum absolute atomic E-state index is 0.115. The SMILES string of the molecule is O=[N+]([O-])c1ccc(CN2CCN(c3cc(Oc4ccc(Cl)cc4)ncn3)CC2)cc1. The quantitative estimate of drug-likeness (QED) is 0.433. The molecular weight excluding hydrogens is 406 g/mol. The van der Waals surface area contributed by atoms with Crippen LogP contribution in [0.15, 0.2) is 60.9 Å². The maximum atomic E-state index is 10.8. The average molecular weight is 426 g/mol. The van der Waals surface area contributed by atoms with Gasteiger partial charge in [-0.2, -0.15) is 0 Å². The first kappa shape index (κ1) is 20.1. The second-order valence-corrected chi connectivity index (χ2v) is 7.39. The van der Waals surface area contributed by atoms with E-state index in [1.165, 1.54) is 6.33 Å². The number of benzene rings is 2. The highest BCUT2D eigenvalue weighted by Crippen LogP contribution is 2.24. The molecule has 0 unspecified atom stereocenters. The summed E-state index contributed by atoms with van der Waals surface area (Å²) in [5, 5.41) is 11.4. The lowest BCUT2D eigenvalue weighted by molar-refractivity contribution is -0.384. The van der Waals surface area contributed by atoms with Crippen molar-refractivity contribution < 1.29 is 9.66 Å². The Hall–Kier alpha value is -3.23. The van der Waals surface area contributed by atoms with Gasteiger partial charge in [-0.15, -0.1) is 0 Å². The maximum Gasteiger partial charge on any atom is 0.269 e. The Bertz CT molecular complexity index is 1010. The lowest BCUT2D eigenvalue weighted by atomic mass is 10.2. The molecule has 0 N–H and O–H groups in total. The molecule has 1 aliphatic heterocycles. The van der Waals surface area contributed by atoms with Gasteiger partial charge >= 0.3 is 0 Å². The largest absolute Gasteiger partial charge is 0.439 e. The predicted molar refractivity (Wildman–Crippen MR) is 114 cm³/mol. The number of halogens is 1. The predicted octanol–water partition coefficient (Wildman–Crippen LogP) is 4.15. The van der Waals surface area contributed by atoms with Gasteiger partial charge in [0.1, 0.15) is 17.9 Å². The van der Waals surface area contributed by atoms with Crippen LogP contribution in [0.4, 0.5) is 11.5 Å². The third kappa shape index (κ3) is 5.03. The van der Waals surface area contributed by atoms with Crippen LogP contribution in [0.1, 0.15) is 5.56 Å². The lowest BCUT2D eigenvalue weighted by Crippen LogP contribution is -2.46. The number of hydrogen-bond donors (Lipinski definition) is 0. The number of piperazine rings is 1. The van der Waals surface area contributed by atoms with Crippen LogP contribution in [-0.4, -0.2) is 46.0 Å². The molecule has 0 spiro atoms. The van der Waals surface area contributed by atoms with Crippen molar-refractivity contribution >= 4 is 23.1 Å². The third-order valence-electron chi connectivity index (χ3n) is 4.91. The summed E-state index contributed by atoms with van der Waals surface area (Å²) in [5.74, 6) is 1.97. The molecule has 2 aromatic carbocycles. The Morgan fingerprint density at radius 3 is 2.37 bits per heavy atom. The molecule has 3 aromatic rings. The summed E-state index contributed by atoms with van der Waals surface area (Å²) < 4.78 is 5.80. The Morgan fingerprint density at radius 1 is 1.00 bits per heavy atom. The van der Waals surface area contributed by atoms with E-state index < -0.39 is 0 Å². The van der Waals surface area contributed by atoms with Crippen LogP contribution in [0.5, 0.6) is 11.6 Å². The Balaban J connectivity index is 1.33. The number of rotatable bonds is 6. The second kappa shape index (κ2) is 9.06. The van der Waals surface area contributed by atoms with E-state index in [0.29, 0.717) is 16.7 Å². The van der Waals surface area contributed by atoms with Crippen LogP contribution in [-0.2, 0) is 6.54 Å². The Morgan fingerprint density at radius 2 is 1.70 bits per heavy atom. The van der Waals surface area contributed by atoms with E-state index in [9.17, 15) is 10.1 Å². The van der Waals surface area contributed by atoms with Gasteiger partial charge < -0.3 is 9.64 Å². The van der Waals surface area contributed by atoms with E-state index in [0.717, 1.165) is 44.1 Å². The third-order valence-corrected chi connectivity index (χ3v) is 5.17. The van der Waals surface area contributed by atoms with Crippen molar-refractivity contribution in [1.82, 2.24) is 14.9 Å². The van der Waals surface area contributed by atoms with E-state index >= 15 is 0 Å². The highest BCUT2D eigenvalue weighted by molar-refractivity contribution is 6.30. The molecule has 8 nitrogen and oxygen atoms in total. The molecule has 9 heteroatoms. The molecule has 1 aromatic heterocycles. The first-order valence-corrected chi connectivity index (χ1v) is 9.91. The van der Waals surface area contributed by atoms with Crippen molar-refractivity contribution in [2.24, 2.45) is 0 Å². The van der Waals surface area contributed by atoms with Gasteiger partial charge in [0.15, 0.2) is 0 Å². The molecule has 154 valence electrons. The van der Waals surface area contributed by atoms with Gasteiger partial charge in [-0.3, -0.25) is 15.0 Å². The van der Waals surface area contributed by atoms with Crippen molar-refractivity contribution in [2.45, 2.75) is 6.54 Å². The molecule has 4 rings (SSSR count). The maximum absolute atomic E-state index is 10.8. The van der Waals surface area contributed by atoms with Crippen LogP contribution in [0.2, 0.25) is 5.02 Å². The van der Waals surface area contributed by atoms with Gasteiger partial charge in [-0.1, -0.05) is 23.7 Å². The van der Waals surface area contributed by atoms with Crippen molar-refractivity contribution in [3.05, 3.63) is 81.6 Å². The Labute approximate surface area is 178 Å². The highest BCUT2D eigenvalue weighted by atomic mass is 35.5. The van der Waals surface area contributed by atoms with Gasteiger partial charge in [-0.25, -0.2) is 9.97 Å². The lowest BCUT2D eigenvalue weighted by Gasteiger charge is -2.35. The van der Waals surface area contributed by atoms with Crippen LogP contribution < -0.4 is 9.64 Å². The van der Waals surface area contributed by atoms with Crippen molar-refractivity contribution in [1.29, 1.82) is 0 Å². The number of anilines is 1. The topological polar surface area (TPSA) is 84.6 Å². The van der Waals surface area contributed by atoms with Crippen molar-refractivity contribution in [3.63, 3.8) is 0 Å². The molecule has 2 heterocycles. The molecular formula is C21H20ClN5O3. The smallest absolute Gasteiger partial charge is 0.269 e. The number of nitrogens with zero attached hydrogens (tertiary/aromatic N) is 5. The minimum Gasteiger partial charge on any atom is -0.439 e. The number of nitro benzene ring substituents is 1. The molecule has 0 amide bonds. The summed E-state index contributed by atoms with van der Waals surface area (Å²) in [6, 6.07) is 15.7. The summed E-state index contributed by atoms with van der Waals surface area (Å²) in [6.45, 7) is 4.15. The number of aromatic nitrogens is 2. The monoisotopic (exact) mass is 425 g/mol. The standard InChI is InChI=1S/C21H20ClN5O3/c22-17-3-7-19(8-4-17)30-21-13-20(23-15-24-21)26-11-9-25(10-12-26)14-16-1-5-18(6-2-16)27(28)29/h1-8,13,15H,9-12,14H2. The van der Waals surface area contributed by atoms with E-state index in [2.05, 4.69) is 19.8 Å². The van der Waals surface area contributed by atoms with Gasteiger partial charge in [-0.05, 0) is 29.8 Å².